The van der Waals surface area contributed by atoms with Crippen LogP contribution in [-0.4, -0.2) is 32.8 Å². The van der Waals surface area contributed by atoms with Gasteiger partial charge >= 0.3 is 0 Å². The van der Waals surface area contributed by atoms with E-state index < -0.39 is 0 Å². The van der Waals surface area contributed by atoms with E-state index >= 15 is 0 Å². The summed E-state index contributed by atoms with van der Waals surface area (Å²) < 4.78 is 0. The zero-order chi connectivity index (χ0) is 15.7. The zero-order valence-electron chi connectivity index (χ0n) is 12.7. The van der Waals surface area contributed by atoms with Gasteiger partial charge in [0.15, 0.2) is 5.16 Å². The van der Waals surface area contributed by atoms with E-state index in [2.05, 4.69) is 14.9 Å². The third-order valence-corrected chi connectivity index (χ3v) is 4.57. The number of fused-ring (bicyclic) bond motifs is 1. The van der Waals surface area contributed by atoms with Crippen molar-refractivity contribution >= 4 is 11.8 Å². The highest BCUT2D eigenvalue weighted by Gasteiger charge is 2.21. The molecule has 0 radical (unpaired) electrons. The first-order valence-corrected chi connectivity index (χ1v) is 8.46. The summed E-state index contributed by atoms with van der Waals surface area (Å²) in [6.07, 6.45) is 2.71. The molecule has 0 atom stereocenters. The van der Waals surface area contributed by atoms with Gasteiger partial charge in [-0.1, -0.05) is 23.9 Å². The molecule has 2 heterocycles. The van der Waals surface area contributed by atoms with Crippen LogP contribution in [0.25, 0.3) is 0 Å². The summed E-state index contributed by atoms with van der Waals surface area (Å²) in [5.41, 5.74) is 3.69. The van der Waals surface area contributed by atoms with Crippen LogP contribution in [0.15, 0.2) is 28.2 Å². The maximum atomic E-state index is 12.2. The quantitative estimate of drug-likeness (QED) is 0.670. The highest BCUT2D eigenvalue weighted by molar-refractivity contribution is 7.98. The van der Waals surface area contributed by atoms with E-state index in [0.717, 1.165) is 41.9 Å². The molecule has 1 aliphatic rings. The smallest absolute Gasteiger partial charge is 0.256 e. The Morgan fingerprint density at radius 1 is 1.45 bits per heavy atom. The van der Waals surface area contributed by atoms with E-state index in [1.807, 2.05) is 25.3 Å². The Labute approximate surface area is 133 Å². The molecule has 22 heavy (non-hydrogen) atoms. The van der Waals surface area contributed by atoms with E-state index in [1.165, 1.54) is 11.8 Å². The lowest BCUT2D eigenvalue weighted by molar-refractivity contribution is 0.241. The monoisotopic (exact) mass is 317 g/mol. The number of aromatic nitrogens is 2. The summed E-state index contributed by atoms with van der Waals surface area (Å²) >= 11 is 1.46. The number of nitrogens with one attached hydrogen (secondary N) is 1. The van der Waals surface area contributed by atoms with Crippen molar-refractivity contribution < 1.29 is 5.11 Å². The van der Waals surface area contributed by atoms with Gasteiger partial charge in [-0.15, -0.1) is 0 Å². The predicted octanol–water partition coefficient (Wildman–Crippen LogP) is 2.06. The first-order valence-electron chi connectivity index (χ1n) is 7.23. The maximum Gasteiger partial charge on any atom is 0.256 e. The zero-order valence-corrected chi connectivity index (χ0v) is 13.5. The Morgan fingerprint density at radius 2 is 2.27 bits per heavy atom. The summed E-state index contributed by atoms with van der Waals surface area (Å²) in [7, 11) is 0. The average molecular weight is 317 g/mol. The average Bonchev–Trinajstić information content (AvgIpc) is 2.51. The molecule has 3 rings (SSSR count). The summed E-state index contributed by atoms with van der Waals surface area (Å²) in [5, 5.41) is 10.3. The van der Waals surface area contributed by atoms with Gasteiger partial charge in [0.2, 0.25) is 0 Å². The minimum atomic E-state index is -0.0269. The van der Waals surface area contributed by atoms with Crippen LogP contribution < -0.4 is 5.56 Å². The molecule has 1 aromatic heterocycles. The van der Waals surface area contributed by atoms with Gasteiger partial charge < -0.3 is 10.1 Å². The number of H-pyrrole nitrogens is 1. The van der Waals surface area contributed by atoms with E-state index in [4.69, 9.17) is 0 Å². The molecule has 0 bridgehead atoms. The fraction of sp³-hybridized carbons (Fsp3) is 0.375. The second-order valence-corrected chi connectivity index (χ2v) is 6.38. The molecule has 116 valence electrons. The third-order valence-electron chi connectivity index (χ3n) is 3.99. The van der Waals surface area contributed by atoms with Crippen LogP contribution in [0.2, 0.25) is 0 Å². The van der Waals surface area contributed by atoms with Crippen molar-refractivity contribution in [3.63, 3.8) is 0 Å². The molecule has 0 saturated heterocycles. The lowest BCUT2D eigenvalue weighted by Gasteiger charge is -2.27. The first-order chi connectivity index (χ1) is 10.6. The van der Waals surface area contributed by atoms with Crippen LogP contribution in [0.3, 0.4) is 0 Å². The van der Waals surface area contributed by atoms with Crippen molar-refractivity contribution in [3.8, 4) is 5.75 Å². The van der Waals surface area contributed by atoms with Gasteiger partial charge in [0.1, 0.15) is 5.75 Å². The summed E-state index contributed by atoms with van der Waals surface area (Å²) in [6.45, 7) is 4.16. The van der Waals surface area contributed by atoms with Crippen LogP contribution in [0, 0.1) is 6.92 Å². The Bertz CT molecular complexity index is 758. The molecule has 0 aliphatic carbocycles. The topological polar surface area (TPSA) is 69.2 Å². The number of phenols is 1. The summed E-state index contributed by atoms with van der Waals surface area (Å²) in [5.74, 6) is 0.318. The van der Waals surface area contributed by atoms with Gasteiger partial charge in [-0.25, -0.2) is 4.98 Å². The number of aryl methyl sites for hydroxylation is 1. The molecule has 5 nitrogen and oxygen atoms in total. The number of phenolic OH excluding ortho intramolecular Hbond substituents is 1. The highest BCUT2D eigenvalue weighted by atomic mass is 32.2. The van der Waals surface area contributed by atoms with Crippen LogP contribution in [0.4, 0.5) is 0 Å². The van der Waals surface area contributed by atoms with E-state index in [9.17, 15) is 9.90 Å². The van der Waals surface area contributed by atoms with Gasteiger partial charge in [-0.05, 0) is 30.4 Å². The predicted molar refractivity (Wildman–Crippen MR) is 87.3 cm³/mol. The van der Waals surface area contributed by atoms with Crippen LogP contribution in [0.1, 0.15) is 22.4 Å². The standard InChI is InChI=1S/C16H19N3O2S/c1-10-7-11(3-4-14(10)20)8-19-6-5-13-12(9-19)15(21)18-16(17-13)22-2/h3-4,7,20H,5-6,8-9H2,1-2H3,(H,17,18,21). The maximum absolute atomic E-state index is 12.2. The lowest BCUT2D eigenvalue weighted by Crippen LogP contribution is -2.35. The third kappa shape index (κ3) is 3.03. The van der Waals surface area contributed by atoms with Gasteiger partial charge in [-0.3, -0.25) is 9.69 Å². The normalized spacial score (nSPS) is 14.8. The van der Waals surface area contributed by atoms with Crippen molar-refractivity contribution in [1.82, 2.24) is 14.9 Å². The van der Waals surface area contributed by atoms with Crippen LogP contribution >= 0.6 is 11.8 Å². The number of benzene rings is 1. The number of rotatable bonds is 3. The van der Waals surface area contributed by atoms with Crippen LogP contribution in [-0.2, 0) is 19.5 Å². The molecule has 0 fully saturated rings. The van der Waals surface area contributed by atoms with Crippen molar-refractivity contribution in [3.05, 3.63) is 50.9 Å². The number of aromatic hydroxyl groups is 1. The number of hydrogen-bond donors (Lipinski definition) is 2. The van der Waals surface area contributed by atoms with Gasteiger partial charge in [0.25, 0.3) is 5.56 Å². The van der Waals surface area contributed by atoms with Crippen molar-refractivity contribution in [2.24, 2.45) is 0 Å². The molecule has 6 heteroatoms. The summed E-state index contributed by atoms with van der Waals surface area (Å²) in [4.78, 5) is 21.7. The van der Waals surface area contributed by atoms with E-state index in [-0.39, 0.29) is 5.56 Å². The Kier molecular flexibility index (Phi) is 4.22. The highest BCUT2D eigenvalue weighted by Crippen LogP contribution is 2.21. The largest absolute Gasteiger partial charge is 0.508 e. The molecule has 1 aromatic carbocycles. The Hall–Kier alpha value is -1.79. The molecule has 0 saturated carbocycles. The molecule has 0 spiro atoms. The minimum absolute atomic E-state index is 0.0269. The van der Waals surface area contributed by atoms with Crippen molar-refractivity contribution in [1.29, 1.82) is 0 Å². The molecule has 0 amide bonds. The molecular weight excluding hydrogens is 298 g/mol. The Morgan fingerprint density at radius 3 is 3.00 bits per heavy atom. The van der Waals surface area contributed by atoms with Gasteiger partial charge in [-0.2, -0.15) is 0 Å². The SMILES string of the molecule is CSc1nc2c(c(=O)[nH]1)CN(Cc1ccc(O)c(C)c1)CC2. The van der Waals surface area contributed by atoms with Crippen molar-refractivity contribution in [2.45, 2.75) is 31.6 Å². The fourth-order valence-corrected chi connectivity index (χ4v) is 3.16. The first kappa shape index (κ1) is 15.1. The minimum Gasteiger partial charge on any atom is -0.508 e. The van der Waals surface area contributed by atoms with Crippen LogP contribution in [0.5, 0.6) is 5.75 Å². The molecule has 0 unspecified atom stereocenters. The van der Waals surface area contributed by atoms with Gasteiger partial charge in [0, 0.05) is 26.1 Å². The van der Waals surface area contributed by atoms with Crippen molar-refractivity contribution in [2.75, 3.05) is 12.8 Å². The molecule has 2 aromatic rings. The molecular formula is C16H19N3O2S. The number of aromatic amines is 1. The van der Waals surface area contributed by atoms with E-state index in [1.54, 1.807) is 6.07 Å². The van der Waals surface area contributed by atoms with Gasteiger partial charge in [0.05, 0.1) is 11.3 Å². The second-order valence-electron chi connectivity index (χ2n) is 5.58. The second kappa shape index (κ2) is 6.14. The summed E-state index contributed by atoms with van der Waals surface area (Å²) in [6, 6.07) is 5.64. The molecule has 1 aliphatic heterocycles. The number of thioether (sulfide) groups is 1. The number of hydrogen-bond acceptors (Lipinski definition) is 5. The number of nitrogens with zero attached hydrogens (tertiary/aromatic N) is 2. The fourth-order valence-electron chi connectivity index (χ4n) is 2.76. The van der Waals surface area contributed by atoms with E-state index in [0.29, 0.717) is 17.5 Å². The lowest BCUT2D eigenvalue weighted by atomic mass is 10.1. The molecule has 2 N–H and O–H groups in total. The Balaban J connectivity index is 1.79.